The number of hydrogen-bond donors (Lipinski definition) is 2. The number of nitrogens with two attached hydrogens (primary N) is 1. The molecule has 1 aliphatic rings. The van der Waals surface area contributed by atoms with E-state index in [0.717, 1.165) is 43.4 Å². The maximum atomic E-state index is 13.4. The van der Waals surface area contributed by atoms with E-state index in [4.69, 9.17) is 5.73 Å². The van der Waals surface area contributed by atoms with Crippen molar-refractivity contribution in [3.63, 3.8) is 0 Å². The first-order valence-corrected chi connectivity index (χ1v) is 10.4. The predicted molar refractivity (Wildman–Crippen MR) is 116 cm³/mol. The number of nitrogens with zero attached hydrogens (tertiary/aromatic N) is 4. The van der Waals surface area contributed by atoms with E-state index < -0.39 is 5.54 Å². The van der Waals surface area contributed by atoms with Gasteiger partial charge in [0.2, 0.25) is 0 Å². The van der Waals surface area contributed by atoms with Gasteiger partial charge in [-0.2, -0.15) is 0 Å². The van der Waals surface area contributed by atoms with E-state index >= 15 is 0 Å². The SMILES string of the molecule is CN=C1CCCCCC1=C(N)c1cnc2c(n1)c(C(=O)NC(C)(C)C)cn2SF. The molecule has 0 radical (unpaired) electrons. The predicted octanol–water partition coefficient (Wildman–Crippen LogP) is 4.05. The number of carbonyl (C=O) groups is 1. The van der Waals surface area contributed by atoms with Crippen LogP contribution in [0, 0.1) is 0 Å². The van der Waals surface area contributed by atoms with Gasteiger partial charge in [-0.25, -0.2) is 13.9 Å². The topological polar surface area (TPSA) is 98.2 Å². The summed E-state index contributed by atoms with van der Waals surface area (Å²) in [5.74, 6) is -0.335. The van der Waals surface area contributed by atoms with E-state index in [2.05, 4.69) is 20.3 Å². The van der Waals surface area contributed by atoms with Gasteiger partial charge in [-0.15, -0.1) is 3.89 Å². The van der Waals surface area contributed by atoms with Crippen LogP contribution in [0.1, 0.15) is 68.9 Å². The van der Waals surface area contributed by atoms with E-state index in [1.165, 1.54) is 16.4 Å². The van der Waals surface area contributed by atoms with Gasteiger partial charge < -0.3 is 11.1 Å². The Morgan fingerprint density at radius 2 is 2.03 bits per heavy atom. The summed E-state index contributed by atoms with van der Waals surface area (Å²) in [5.41, 5.74) is 9.87. The van der Waals surface area contributed by atoms with Crippen molar-refractivity contribution >= 4 is 40.8 Å². The molecule has 0 bridgehead atoms. The molecule has 2 aromatic rings. The van der Waals surface area contributed by atoms with E-state index in [-0.39, 0.29) is 29.5 Å². The van der Waals surface area contributed by atoms with Gasteiger partial charge in [-0.1, -0.05) is 6.42 Å². The fourth-order valence-corrected chi connectivity index (χ4v) is 3.82. The van der Waals surface area contributed by atoms with Crippen molar-refractivity contribution in [1.82, 2.24) is 19.3 Å². The highest BCUT2D eigenvalue weighted by molar-refractivity contribution is 7.92. The lowest BCUT2D eigenvalue weighted by atomic mass is 10.0. The van der Waals surface area contributed by atoms with Crippen LogP contribution in [0.25, 0.3) is 16.9 Å². The Morgan fingerprint density at radius 3 is 2.69 bits per heavy atom. The molecule has 0 spiro atoms. The fourth-order valence-electron chi connectivity index (χ4n) is 3.48. The smallest absolute Gasteiger partial charge is 0.255 e. The first-order chi connectivity index (χ1) is 13.7. The van der Waals surface area contributed by atoms with Crippen molar-refractivity contribution in [1.29, 1.82) is 0 Å². The largest absolute Gasteiger partial charge is 0.397 e. The highest BCUT2D eigenvalue weighted by atomic mass is 32.2. The summed E-state index contributed by atoms with van der Waals surface area (Å²) in [4.78, 5) is 26.1. The van der Waals surface area contributed by atoms with Crippen molar-refractivity contribution < 1.29 is 8.68 Å². The molecule has 7 nitrogen and oxygen atoms in total. The zero-order valence-corrected chi connectivity index (χ0v) is 18.1. The molecule has 2 aromatic heterocycles. The van der Waals surface area contributed by atoms with Gasteiger partial charge in [0.15, 0.2) is 18.0 Å². The third kappa shape index (κ3) is 4.60. The summed E-state index contributed by atoms with van der Waals surface area (Å²) < 4.78 is 14.6. The molecule has 0 aliphatic heterocycles. The average Bonchev–Trinajstić information content (AvgIpc) is 2.87. The summed E-state index contributed by atoms with van der Waals surface area (Å²) >= 11 is -0.0246. The Morgan fingerprint density at radius 1 is 1.31 bits per heavy atom. The van der Waals surface area contributed by atoms with Crippen LogP contribution in [0.3, 0.4) is 0 Å². The molecule has 3 rings (SSSR count). The minimum absolute atomic E-state index is 0.0246. The van der Waals surface area contributed by atoms with Crippen LogP contribution in [0.4, 0.5) is 3.89 Å². The summed E-state index contributed by atoms with van der Waals surface area (Å²) in [6.07, 6.45) is 7.91. The highest BCUT2D eigenvalue weighted by Crippen LogP contribution is 2.28. The van der Waals surface area contributed by atoms with Crippen molar-refractivity contribution in [2.75, 3.05) is 7.05 Å². The Hall–Kier alpha value is -2.42. The van der Waals surface area contributed by atoms with Gasteiger partial charge in [-0.05, 0) is 52.0 Å². The number of rotatable bonds is 3. The van der Waals surface area contributed by atoms with Crippen molar-refractivity contribution in [2.45, 2.75) is 58.4 Å². The van der Waals surface area contributed by atoms with Crippen LogP contribution in [-0.4, -0.2) is 38.1 Å². The first-order valence-electron chi connectivity index (χ1n) is 9.70. The van der Waals surface area contributed by atoms with Crippen molar-refractivity contribution in [3.05, 3.63) is 29.2 Å². The first kappa shape index (κ1) is 21.3. The van der Waals surface area contributed by atoms with E-state index in [9.17, 15) is 8.68 Å². The Kier molecular flexibility index (Phi) is 6.26. The summed E-state index contributed by atoms with van der Waals surface area (Å²) in [6, 6.07) is 0. The lowest BCUT2D eigenvalue weighted by molar-refractivity contribution is 0.0921. The molecule has 1 fully saturated rings. The van der Waals surface area contributed by atoms with Gasteiger partial charge in [-0.3, -0.25) is 9.79 Å². The standard InChI is InChI=1S/C20H27FN6OS/c1-20(2,3)26-19(28)13-11-27(29-21)18-17(13)25-15(10-24-18)16(22)12-8-6-5-7-9-14(12)23-4/h10-11H,5-9,22H2,1-4H3,(H,26,28). The molecule has 0 aromatic carbocycles. The highest BCUT2D eigenvalue weighted by Gasteiger charge is 2.23. The molecule has 0 saturated heterocycles. The molecule has 3 N–H and O–H groups in total. The minimum Gasteiger partial charge on any atom is -0.397 e. The molecule has 29 heavy (non-hydrogen) atoms. The molecule has 1 amide bonds. The maximum absolute atomic E-state index is 13.4. The normalized spacial score (nSPS) is 18.7. The summed E-state index contributed by atoms with van der Waals surface area (Å²) in [5, 5.41) is 2.89. The van der Waals surface area contributed by atoms with Gasteiger partial charge in [0, 0.05) is 24.5 Å². The molecule has 2 heterocycles. The van der Waals surface area contributed by atoms with Gasteiger partial charge in [0.1, 0.15) is 11.2 Å². The zero-order chi connectivity index (χ0) is 21.2. The zero-order valence-electron chi connectivity index (χ0n) is 17.3. The summed E-state index contributed by atoms with van der Waals surface area (Å²) in [7, 11) is 1.77. The van der Waals surface area contributed by atoms with E-state index in [1.54, 1.807) is 7.05 Å². The number of carbonyl (C=O) groups excluding carboxylic acids is 1. The number of hydrogen-bond acceptors (Lipinski definition) is 6. The van der Waals surface area contributed by atoms with Crippen LogP contribution >= 0.6 is 12.3 Å². The van der Waals surface area contributed by atoms with Gasteiger partial charge >= 0.3 is 0 Å². The average molecular weight is 419 g/mol. The molecule has 9 heteroatoms. The Bertz CT molecular complexity index is 989. The number of nitrogens with one attached hydrogen (secondary N) is 1. The number of halogens is 1. The van der Waals surface area contributed by atoms with Crippen LogP contribution in [0.15, 0.2) is 23.0 Å². The number of amides is 1. The van der Waals surface area contributed by atoms with Crippen LogP contribution in [0.5, 0.6) is 0 Å². The van der Waals surface area contributed by atoms with E-state index in [1.807, 2.05) is 20.8 Å². The molecule has 0 atom stereocenters. The lowest BCUT2D eigenvalue weighted by Gasteiger charge is -2.20. The molecular weight excluding hydrogens is 391 g/mol. The third-order valence-electron chi connectivity index (χ3n) is 4.83. The number of aromatic nitrogens is 3. The Labute approximate surface area is 174 Å². The molecule has 0 unspecified atom stereocenters. The number of allylic oxidation sites excluding steroid dienone is 1. The quantitative estimate of drug-likeness (QED) is 0.733. The second kappa shape index (κ2) is 8.52. The lowest BCUT2D eigenvalue weighted by Crippen LogP contribution is -2.40. The van der Waals surface area contributed by atoms with Crippen molar-refractivity contribution in [3.8, 4) is 0 Å². The molecule has 1 saturated carbocycles. The fraction of sp³-hybridized carbons (Fsp3) is 0.500. The van der Waals surface area contributed by atoms with Crippen LogP contribution < -0.4 is 11.1 Å². The van der Waals surface area contributed by atoms with Gasteiger partial charge in [0.25, 0.3) is 5.91 Å². The summed E-state index contributed by atoms with van der Waals surface area (Å²) in [6.45, 7) is 5.64. The van der Waals surface area contributed by atoms with Crippen LogP contribution in [0.2, 0.25) is 0 Å². The third-order valence-corrected chi connectivity index (χ3v) is 5.26. The maximum Gasteiger partial charge on any atom is 0.255 e. The molecule has 156 valence electrons. The van der Waals surface area contributed by atoms with Crippen molar-refractivity contribution in [2.24, 2.45) is 10.7 Å². The van der Waals surface area contributed by atoms with Crippen LogP contribution in [-0.2, 0) is 0 Å². The second-order valence-corrected chi connectivity index (χ2v) is 8.72. The minimum atomic E-state index is -0.437. The van der Waals surface area contributed by atoms with E-state index in [0.29, 0.717) is 16.9 Å². The number of aliphatic imine (C=N–C) groups is 1. The second-order valence-electron chi connectivity index (χ2n) is 8.19. The molecular formula is C20H27FN6OS. The molecule has 1 aliphatic carbocycles. The number of fused-ring (bicyclic) bond motifs is 1. The van der Waals surface area contributed by atoms with Gasteiger partial charge in [0.05, 0.1) is 17.5 Å². The monoisotopic (exact) mass is 418 g/mol. The Balaban J connectivity index is 2.12.